The van der Waals surface area contributed by atoms with Gasteiger partial charge in [0, 0.05) is 13.7 Å². The fraction of sp³-hybridized carbons (Fsp3) is 0.846. The van der Waals surface area contributed by atoms with Crippen LogP contribution in [0.4, 0.5) is 0 Å². The van der Waals surface area contributed by atoms with Gasteiger partial charge in [-0.25, -0.2) is 0 Å². The number of amides is 2. The number of hydrogen-bond acceptors (Lipinski definition) is 3. The normalized spacial score (nSPS) is 21.1. The molecule has 18 heavy (non-hydrogen) atoms. The molecule has 1 atom stereocenters. The molecule has 2 amide bonds. The highest BCUT2D eigenvalue weighted by molar-refractivity contribution is 5.94. The van der Waals surface area contributed by atoms with E-state index in [0.717, 1.165) is 12.8 Å². The Morgan fingerprint density at radius 1 is 1.44 bits per heavy atom. The topological polar surface area (TPSA) is 58.6 Å². The Bertz CT molecular complexity index is 315. The summed E-state index contributed by atoms with van der Waals surface area (Å²) in [6.07, 6.45) is 2.32. The van der Waals surface area contributed by atoms with Crippen LogP contribution >= 0.6 is 0 Å². The summed E-state index contributed by atoms with van der Waals surface area (Å²) >= 11 is 0. The van der Waals surface area contributed by atoms with Crippen LogP contribution in [0, 0.1) is 0 Å². The highest BCUT2D eigenvalue weighted by Gasteiger charge is 2.34. The van der Waals surface area contributed by atoms with Crippen molar-refractivity contribution in [2.75, 3.05) is 20.2 Å². The molecule has 0 radical (unpaired) electrons. The maximum atomic E-state index is 11.9. The van der Waals surface area contributed by atoms with Crippen molar-refractivity contribution in [2.24, 2.45) is 0 Å². The van der Waals surface area contributed by atoms with Crippen molar-refractivity contribution in [2.45, 2.75) is 51.7 Å². The fourth-order valence-electron chi connectivity index (χ4n) is 2.03. The van der Waals surface area contributed by atoms with E-state index < -0.39 is 0 Å². The monoisotopic (exact) mass is 256 g/mol. The van der Waals surface area contributed by atoms with E-state index in [0.29, 0.717) is 13.0 Å². The van der Waals surface area contributed by atoms with Gasteiger partial charge in [0.05, 0.1) is 12.1 Å². The zero-order valence-electron chi connectivity index (χ0n) is 11.8. The lowest BCUT2D eigenvalue weighted by atomic mass is 10.0. The van der Waals surface area contributed by atoms with Crippen molar-refractivity contribution in [3.8, 4) is 0 Å². The van der Waals surface area contributed by atoms with Crippen LogP contribution in [0.5, 0.6) is 0 Å². The Labute approximate surface area is 109 Å². The van der Waals surface area contributed by atoms with Gasteiger partial charge in [-0.2, -0.15) is 0 Å². The number of nitrogens with zero attached hydrogens (tertiary/aromatic N) is 1. The van der Waals surface area contributed by atoms with Crippen molar-refractivity contribution >= 4 is 11.8 Å². The van der Waals surface area contributed by atoms with Crippen LogP contribution in [0.15, 0.2) is 0 Å². The molecule has 5 heteroatoms. The van der Waals surface area contributed by atoms with E-state index in [4.69, 9.17) is 4.74 Å². The third kappa shape index (κ3) is 3.70. The quantitative estimate of drug-likeness (QED) is 0.769. The van der Waals surface area contributed by atoms with Crippen molar-refractivity contribution < 1.29 is 14.3 Å². The summed E-state index contributed by atoms with van der Waals surface area (Å²) in [4.78, 5) is 25.4. The second-order valence-electron chi connectivity index (χ2n) is 5.32. The predicted octanol–water partition coefficient (Wildman–Crippen LogP) is 0.929. The molecule has 0 saturated carbocycles. The molecule has 0 aromatic rings. The first-order valence-corrected chi connectivity index (χ1v) is 6.53. The van der Waals surface area contributed by atoms with E-state index in [1.54, 1.807) is 12.0 Å². The summed E-state index contributed by atoms with van der Waals surface area (Å²) in [6.45, 7) is 6.67. The van der Waals surface area contributed by atoms with Crippen molar-refractivity contribution in [3.63, 3.8) is 0 Å². The smallest absolute Gasteiger partial charge is 0.243 e. The van der Waals surface area contributed by atoms with Gasteiger partial charge in [-0.15, -0.1) is 0 Å². The Hall–Kier alpha value is -1.10. The molecule has 0 spiro atoms. The molecule has 1 rings (SSSR count). The lowest BCUT2D eigenvalue weighted by Crippen LogP contribution is -2.58. The second-order valence-corrected chi connectivity index (χ2v) is 5.32. The van der Waals surface area contributed by atoms with Crippen LogP contribution in [0.1, 0.15) is 40.0 Å². The lowest BCUT2D eigenvalue weighted by Gasteiger charge is -2.36. The number of rotatable bonds is 6. The average molecular weight is 256 g/mol. The fourth-order valence-corrected chi connectivity index (χ4v) is 2.03. The van der Waals surface area contributed by atoms with E-state index >= 15 is 0 Å². The van der Waals surface area contributed by atoms with E-state index in [1.807, 2.05) is 20.8 Å². The van der Waals surface area contributed by atoms with Gasteiger partial charge in [0.25, 0.3) is 0 Å². The molecule has 0 bridgehead atoms. The summed E-state index contributed by atoms with van der Waals surface area (Å²) in [6, 6.07) is -0.316. The summed E-state index contributed by atoms with van der Waals surface area (Å²) in [5.41, 5.74) is -0.273. The molecule has 0 aromatic heterocycles. The van der Waals surface area contributed by atoms with Crippen molar-refractivity contribution in [3.05, 3.63) is 0 Å². The van der Waals surface area contributed by atoms with Gasteiger partial charge < -0.3 is 15.0 Å². The largest absolute Gasteiger partial charge is 0.379 e. The van der Waals surface area contributed by atoms with Gasteiger partial charge in [-0.1, -0.05) is 13.3 Å². The maximum absolute atomic E-state index is 11.9. The standard InChI is InChI=1S/C13H24N2O3/c1-5-6-10-12(17)14-9-11(16)15(10)8-7-13(2,3)18-4/h10H,5-9H2,1-4H3,(H,14,17). The first-order valence-electron chi connectivity index (χ1n) is 6.53. The molecule has 0 aliphatic carbocycles. The molecule has 1 aliphatic rings. The molecule has 1 aliphatic heterocycles. The SMILES string of the molecule is CCCC1C(=O)NCC(=O)N1CCC(C)(C)OC. The minimum absolute atomic E-state index is 0.0000435. The number of piperazine rings is 1. The highest BCUT2D eigenvalue weighted by atomic mass is 16.5. The first-order chi connectivity index (χ1) is 8.41. The van der Waals surface area contributed by atoms with Gasteiger partial charge in [0.15, 0.2) is 0 Å². The Kier molecular flexibility index (Phi) is 5.14. The van der Waals surface area contributed by atoms with Gasteiger partial charge in [0.2, 0.25) is 11.8 Å². The minimum Gasteiger partial charge on any atom is -0.379 e. The minimum atomic E-state index is -0.316. The van der Waals surface area contributed by atoms with Gasteiger partial charge in [0.1, 0.15) is 6.04 Å². The Morgan fingerprint density at radius 2 is 2.11 bits per heavy atom. The first kappa shape index (κ1) is 15.0. The number of carbonyl (C=O) groups is 2. The summed E-state index contributed by atoms with van der Waals surface area (Å²) in [7, 11) is 1.66. The molecule has 104 valence electrons. The highest BCUT2D eigenvalue weighted by Crippen LogP contribution is 2.18. The molecule has 1 N–H and O–H groups in total. The van der Waals surface area contributed by atoms with Gasteiger partial charge in [-0.3, -0.25) is 9.59 Å². The average Bonchev–Trinajstić information content (AvgIpc) is 2.33. The van der Waals surface area contributed by atoms with Crippen LogP contribution in [0.25, 0.3) is 0 Å². The van der Waals surface area contributed by atoms with Crippen LogP contribution < -0.4 is 5.32 Å². The summed E-state index contributed by atoms with van der Waals surface area (Å²) in [5, 5.41) is 2.65. The molecule has 5 nitrogen and oxygen atoms in total. The Morgan fingerprint density at radius 3 is 2.67 bits per heavy atom. The van der Waals surface area contributed by atoms with Crippen LogP contribution in [-0.4, -0.2) is 48.6 Å². The summed E-state index contributed by atoms with van der Waals surface area (Å²) in [5.74, 6) is -0.0355. The number of hydrogen-bond donors (Lipinski definition) is 1. The van der Waals surface area contributed by atoms with E-state index in [9.17, 15) is 9.59 Å². The van der Waals surface area contributed by atoms with Crippen LogP contribution in [-0.2, 0) is 14.3 Å². The number of methoxy groups -OCH3 is 1. The Balaban J connectivity index is 2.68. The van der Waals surface area contributed by atoms with Crippen LogP contribution in [0.2, 0.25) is 0 Å². The molecule has 1 heterocycles. The molecule has 1 fully saturated rings. The van der Waals surface area contributed by atoms with Gasteiger partial charge >= 0.3 is 0 Å². The third-order valence-corrected chi connectivity index (χ3v) is 3.48. The zero-order chi connectivity index (χ0) is 13.8. The maximum Gasteiger partial charge on any atom is 0.243 e. The van der Waals surface area contributed by atoms with E-state index in [2.05, 4.69) is 5.32 Å². The predicted molar refractivity (Wildman–Crippen MR) is 69.1 cm³/mol. The number of ether oxygens (including phenoxy) is 1. The number of carbonyl (C=O) groups excluding carboxylic acids is 2. The molecule has 1 unspecified atom stereocenters. The lowest BCUT2D eigenvalue weighted by molar-refractivity contribution is -0.146. The second kappa shape index (κ2) is 6.18. The third-order valence-electron chi connectivity index (χ3n) is 3.48. The molecule has 0 aromatic carbocycles. The molecular weight excluding hydrogens is 232 g/mol. The summed E-state index contributed by atoms with van der Waals surface area (Å²) < 4.78 is 5.35. The van der Waals surface area contributed by atoms with E-state index in [1.165, 1.54) is 0 Å². The zero-order valence-corrected chi connectivity index (χ0v) is 11.8. The van der Waals surface area contributed by atoms with Gasteiger partial charge in [-0.05, 0) is 26.7 Å². The molecule has 1 saturated heterocycles. The number of nitrogens with one attached hydrogen (secondary N) is 1. The van der Waals surface area contributed by atoms with E-state index in [-0.39, 0.29) is 30.0 Å². The van der Waals surface area contributed by atoms with Crippen molar-refractivity contribution in [1.29, 1.82) is 0 Å². The van der Waals surface area contributed by atoms with Crippen LogP contribution in [0.3, 0.4) is 0 Å². The molecular formula is C13H24N2O3. The van der Waals surface area contributed by atoms with Crippen molar-refractivity contribution in [1.82, 2.24) is 10.2 Å².